The number of anilines is 1. The Kier molecular flexibility index (Phi) is 6.71. The zero-order chi connectivity index (χ0) is 23.5. The van der Waals surface area contributed by atoms with Gasteiger partial charge in [-0.1, -0.05) is 30.2 Å². The first-order valence-electron chi connectivity index (χ1n) is 12.4. The van der Waals surface area contributed by atoms with Gasteiger partial charge in [0.1, 0.15) is 5.75 Å². The van der Waals surface area contributed by atoms with Gasteiger partial charge in [0.05, 0.1) is 12.1 Å². The summed E-state index contributed by atoms with van der Waals surface area (Å²) >= 11 is 0. The number of aromatic hydroxyl groups is 1. The Morgan fingerprint density at radius 3 is 2.79 bits per heavy atom. The molecule has 0 spiro atoms. The number of benzene rings is 2. The molecule has 0 radical (unpaired) electrons. The van der Waals surface area contributed by atoms with Crippen LogP contribution in [-0.2, 0) is 12.8 Å². The molecule has 2 aromatic carbocycles. The smallest absolute Gasteiger partial charge is 0.115 e. The minimum atomic E-state index is 0.359. The van der Waals surface area contributed by atoms with Gasteiger partial charge >= 0.3 is 0 Å². The summed E-state index contributed by atoms with van der Waals surface area (Å²) in [4.78, 5) is 12.1. The summed E-state index contributed by atoms with van der Waals surface area (Å²) in [5.74, 6) is 3.24. The van der Waals surface area contributed by atoms with Gasteiger partial charge in [0.25, 0.3) is 0 Å². The van der Waals surface area contributed by atoms with Gasteiger partial charge in [0.15, 0.2) is 0 Å². The van der Waals surface area contributed by atoms with E-state index in [9.17, 15) is 5.11 Å². The number of hydrogen-bond donors (Lipinski definition) is 1. The first kappa shape index (κ1) is 22.7. The standard InChI is InChI=1S/C29H34N4O/c1-3-13-32(25-9-7-23-8-10-26(34)21-24(23)20-25)17-14-31-15-18-33(19-16-31)28-11-12-30-29-22(2)5-4-6-27(28)29/h1,4-6,8,10-12,21,25,34H,7,9,13-20H2,2H3. The zero-order valence-corrected chi connectivity index (χ0v) is 20.1. The maximum atomic E-state index is 9.91. The third kappa shape index (κ3) is 4.75. The van der Waals surface area contributed by atoms with Crippen LogP contribution in [0.3, 0.4) is 0 Å². The molecule has 5 heteroatoms. The van der Waals surface area contributed by atoms with Crippen LogP contribution in [0.5, 0.6) is 5.75 Å². The van der Waals surface area contributed by atoms with Gasteiger partial charge in [-0.2, -0.15) is 0 Å². The van der Waals surface area contributed by atoms with Gasteiger partial charge in [-0.15, -0.1) is 6.42 Å². The molecule has 176 valence electrons. The van der Waals surface area contributed by atoms with Crippen LogP contribution >= 0.6 is 0 Å². The molecule has 1 atom stereocenters. The number of nitrogens with zero attached hydrogens (tertiary/aromatic N) is 4. The van der Waals surface area contributed by atoms with Crippen molar-refractivity contribution in [3.8, 4) is 18.1 Å². The number of phenols is 1. The first-order valence-corrected chi connectivity index (χ1v) is 12.4. The highest BCUT2D eigenvalue weighted by Crippen LogP contribution is 2.29. The van der Waals surface area contributed by atoms with Crippen molar-refractivity contribution < 1.29 is 5.11 Å². The Morgan fingerprint density at radius 1 is 1.12 bits per heavy atom. The summed E-state index contributed by atoms with van der Waals surface area (Å²) < 4.78 is 0. The van der Waals surface area contributed by atoms with Crippen molar-refractivity contribution in [1.29, 1.82) is 0 Å². The molecule has 1 saturated heterocycles. The maximum absolute atomic E-state index is 9.91. The molecule has 1 aromatic heterocycles. The molecule has 3 aromatic rings. The van der Waals surface area contributed by atoms with Crippen molar-refractivity contribution in [2.24, 2.45) is 0 Å². The van der Waals surface area contributed by atoms with E-state index in [0.717, 1.165) is 64.0 Å². The largest absolute Gasteiger partial charge is 0.508 e. The van der Waals surface area contributed by atoms with Gasteiger partial charge in [-0.05, 0) is 61.1 Å². The summed E-state index contributed by atoms with van der Waals surface area (Å²) in [6.07, 6.45) is 10.8. The number of aromatic nitrogens is 1. The van der Waals surface area contributed by atoms with Crippen LogP contribution < -0.4 is 4.90 Å². The first-order chi connectivity index (χ1) is 16.6. The van der Waals surface area contributed by atoms with Crippen molar-refractivity contribution in [3.63, 3.8) is 0 Å². The zero-order valence-electron chi connectivity index (χ0n) is 20.1. The van der Waals surface area contributed by atoms with Crippen LogP contribution in [0.1, 0.15) is 23.1 Å². The van der Waals surface area contributed by atoms with E-state index in [4.69, 9.17) is 6.42 Å². The average Bonchev–Trinajstić information content (AvgIpc) is 2.86. The van der Waals surface area contributed by atoms with Gasteiger partial charge in [0, 0.05) is 62.6 Å². The Bertz CT molecular complexity index is 1190. The van der Waals surface area contributed by atoms with Crippen LogP contribution in [0.25, 0.3) is 10.9 Å². The van der Waals surface area contributed by atoms with E-state index in [0.29, 0.717) is 18.3 Å². The number of pyridine rings is 1. The van der Waals surface area contributed by atoms with E-state index in [1.807, 2.05) is 12.3 Å². The Morgan fingerprint density at radius 2 is 1.97 bits per heavy atom. The quantitative estimate of drug-likeness (QED) is 0.573. The van der Waals surface area contributed by atoms with E-state index in [1.165, 1.54) is 27.8 Å². The van der Waals surface area contributed by atoms with E-state index in [1.54, 1.807) is 6.07 Å². The van der Waals surface area contributed by atoms with Crippen LogP contribution in [0, 0.1) is 19.3 Å². The summed E-state index contributed by atoms with van der Waals surface area (Å²) in [6.45, 7) is 9.00. The van der Waals surface area contributed by atoms with Crippen LogP contribution in [0.2, 0.25) is 0 Å². The molecule has 1 aliphatic heterocycles. The molecule has 1 unspecified atom stereocenters. The fraction of sp³-hybridized carbons (Fsp3) is 0.414. The lowest BCUT2D eigenvalue weighted by atomic mass is 9.87. The van der Waals surface area contributed by atoms with Gasteiger partial charge in [-0.25, -0.2) is 0 Å². The molecular weight excluding hydrogens is 420 g/mol. The number of rotatable bonds is 6. The fourth-order valence-electron chi connectivity index (χ4n) is 5.61. The Hall–Kier alpha value is -3.07. The van der Waals surface area contributed by atoms with Crippen LogP contribution in [0.4, 0.5) is 5.69 Å². The van der Waals surface area contributed by atoms with E-state index in [2.05, 4.69) is 62.9 Å². The van der Waals surface area contributed by atoms with E-state index < -0.39 is 0 Å². The van der Waals surface area contributed by atoms with Crippen molar-refractivity contribution in [3.05, 3.63) is 65.4 Å². The topological polar surface area (TPSA) is 42.8 Å². The second-order valence-electron chi connectivity index (χ2n) is 9.65. The minimum absolute atomic E-state index is 0.359. The predicted molar refractivity (Wildman–Crippen MR) is 139 cm³/mol. The van der Waals surface area contributed by atoms with Gasteiger partial charge in [-0.3, -0.25) is 14.8 Å². The monoisotopic (exact) mass is 454 g/mol. The highest BCUT2D eigenvalue weighted by atomic mass is 16.3. The predicted octanol–water partition coefficient (Wildman–Crippen LogP) is 3.86. The number of terminal acetylenes is 1. The summed E-state index contributed by atoms with van der Waals surface area (Å²) in [5.41, 5.74) is 6.27. The molecule has 0 amide bonds. The number of fused-ring (bicyclic) bond motifs is 2. The molecular formula is C29H34N4O. The third-order valence-corrected chi connectivity index (χ3v) is 7.57. The highest BCUT2D eigenvalue weighted by Gasteiger charge is 2.25. The molecule has 1 aliphatic carbocycles. The molecule has 2 heterocycles. The number of piperazine rings is 1. The third-order valence-electron chi connectivity index (χ3n) is 7.57. The number of hydrogen-bond acceptors (Lipinski definition) is 5. The van der Waals surface area contributed by atoms with Crippen molar-refractivity contribution in [1.82, 2.24) is 14.8 Å². The lowest BCUT2D eigenvalue weighted by molar-refractivity contribution is 0.160. The van der Waals surface area contributed by atoms with Crippen molar-refractivity contribution in [2.75, 3.05) is 50.7 Å². The average molecular weight is 455 g/mol. The SMILES string of the molecule is C#CCN(CCN1CCN(c2ccnc3c(C)cccc23)CC1)C1CCc2ccc(O)cc2C1. The molecule has 0 bridgehead atoms. The normalized spacial score (nSPS) is 18.7. The summed E-state index contributed by atoms with van der Waals surface area (Å²) in [5, 5.41) is 11.2. The Labute approximate surface area is 203 Å². The lowest BCUT2D eigenvalue weighted by Gasteiger charge is -2.39. The van der Waals surface area contributed by atoms with E-state index >= 15 is 0 Å². The van der Waals surface area contributed by atoms with Gasteiger partial charge < -0.3 is 10.0 Å². The molecule has 2 aliphatic rings. The van der Waals surface area contributed by atoms with E-state index in [-0.39, 0.29) is 0 Å². The lowest BCUT2D eigenvalue weighted by Crippen LogP contribution is -2.50. The molecule has 5 nitrogen and oxygen atoms in total. The van der Waals surface area contributed by atoms with Crippen LogP contribution in [-0.4, -0.2) is 71.7 Å². The second kappa shape index (κ2) is 10.0. The fourth-order valence-corrected chi connectivity index (χ4v) is 5.61. The maximum Gasteiger partial charge on any atom is 0.115 e. The molecule has 1 N–H and O–H groups in total. The molecule has 5 rings (SSSR count). The van der Waals surface area contributed by atoms with Crippen LogP contribution in [0.15, 0.2) is 48.7 Å². The summed E-state index contributed by atoms with van der Waals surface area (Å²) in [7, 11) is 0. The Balaban J connectivity index is 1.19. The highest BCUT2D eigenvalue weighted by molar-refractivity contribution is 5.93. The number of para-hydroxylation sites is 1. The molecule has 1 fully saturated rings. The number of aryl methyl sites for hydroxylation is 2. The van der Waals surface area contributed by atoms with Crippen molar-refractivity contribution >= 4 is 16.6 Å². The van der Waals surface area contributed by atoms with Crippen molar-refractivity contribution in [2.45, 2.75) is 32.2 Å². The summed E-state index contributed by atoms with van der Waals surface area (Å²) in [6, 6.07) is 14.9. The second-order valence-corrected chi connectivity index (χ2v) is 9.65. The van der Waals surface area contributed by atoms with Gasteiger partial charge in [0.2, 0.25) is 0 Å². The minimum Gasteiger partial charge on any atom is -0.508 e. The molecule has 0 saturated carbocycles. The molecule has 34 heavy (non-hydrogen) atoms. The number of phenolic OH excluding ortho intramolecular Hbond substituents is 1.